The molecule has 8 heteroatoms. The molecule has 0 aromatic carbocycles. The quantitative estimate of drug-likeness (QED) is 0.658. The van der Waals surface area contributed by atoms with E-state index in [1.54, 1.807) is 4.52 Å². The molecule has 0 spiro atoms. The van der Waals surface area contributed by atoms with Crippen LogP contribution in [0.3, 0.4) is 0 Å². The van der Waals surface area contributed by atoms with Gasteiger partial charge in [0.25, 0.3) is 0 Å². The van der Waals surface area contributed by atoms with Gasteiger partial charge >= 0.3 is 0 Å². The number of hydrogen-bond donors (Lipinski definition) is 3. The highest BCUT2D eigenvalue weighted by Gasteiger charge is 2.26. The molecule has 8 nitrogen and oxygen atoms in total. The van der Waals surface area contributed by atoms with Gasteiger partial charge in [-0.25, -0.2) is 4.52 Å². The summed E-state index contributed by atoms with van der Waals surface area (Å²) in [6.07, 6.45) is 6.79. The molecule has 0 radical (unpaired) electrons. The molecule has 4 heterocycles. The maximum absolute atomic E-state index is 5.87. The number of H-pyrrole nitrogens is 1. The summed E-state index contributed by atoms with van der Waals surface area (Å²) in [5, 5.41) is 15.3. The average molecular weight is 339 g/mol. The first-order valence-corrected chi connectivity index (χ1v) is 8.84. The lowest BCUT2D eigenvalue weighted by molar-refractivity contribution is 0.120. The lowest BCUT2D eigenvalue weighted by atomic mass is 10.1. The smallest absolute Gasteiger partial charge is 0.240 e. The number of aromatic nitrogens is 5. The van der Waals surface area contributed by atoms with Crippen LogP contribution in [0.15, 0.2) is 18.3 Å². The minimum absolute atomic E-state index is 0.224. The first-order valence-electron chi connectivity index (χ1n) is 8.84. The van der Waals surface area contributed by atoms with Gasteiger partial charge in [-0.05, 0) is 37.8 Å². The Hall–Kier alpha value is -2.61. The van der Waals surface area contributed by atoms with E-state index in [1.807, 2.05) is 12.3 Å². The third kappa shape index (κ3) is 2.72. The number of nitrogen functional groups attached to an aromatic ring is 1. The number of nitrogens with one attached hydrogen (secondary N) is 2. The summed E-state index contributed by atoms with van der Waals surface area (Å²) >= 11 is 0. The SMILES string of the molecule is Nc1nc(NC[C@H]2CCCO2)c2c(-c3cc(C4CC4)[nH]n3)ccn2n1. The predicted octanol–water partition coefficient (Wildman–Crippen LogP) is 2.17. The van der Waals surface area contributed by atoms with Crippen molar-refractivity contribution in [3.63, 3.8) is 0 Å². The van der Waals surface area contributed by atoms with Crippen molar-refractivity contribution >= 4 is 17.3 Å². The molecule has 1 aliphatic carbocycles. The monoisotopic (exact) mass is 339 g/mol. The Bertz CT molecular complexity index is 905. The standard InChI is InChI=1S/C17H21N7O/c18-17-20-16(19-9-11-2-1-7-25-11)15-12(5-6-24(15)23-17)14-8-13(21-22-14)10-3-4-10/h5-6,8,10-11H,1-4,7,9H2,(H,21,22)(H3,18,19,20,23)/t11-/m1/s1. The van der Waals surface area contributed by atoms with Gasteiger partial charge in [-0.1, -0.05) is 0 Å². The van der Waals surface area contributed by atoms with E-state index in [4.69, 9.17) is 10.5 Å². The number of aromatic amines is 1. The van der Waals surface area contributed by atoms with Gasteiger partial charge in [0.1, 0.15) is 5.52 Å². The molecule has 25 heavy (non-hydrogen) atoms. The van der Waals surface area contributed by atoms with E-state index in [-0.39, 0.29) is 12.1 Å². The van der Waals surface area contributed by atoms with Gasteiger partial charge < -0.3 is 15.8 Å². The van der Waals surface area contributed by atoms with E-state index >= 15 is 0 Å². The molecule has 0 unspecified atom stereocenters. The maximum Gasteiger partial charge on any atom is 0.240 e. The van der Waals surface area contributed by atoms with Crippen molar-refractivity contribution in [1.29, 1.82) is 0 Å². The number of nitrogens with zero attached hydrogens (tertiary/aromatic N) is 4. The molecule has 2 aliphatic rings. The van der Waals surface area contributed by atoms with Crippen LogP contribution >= 0.6 is 0 Å². The molecule has 0 bridgehead atoms. The zero-order valence-electron chi connectivity index (χ0n) is 13.9. The molecular formula is C17H21N7O. The first kappa shape index (κ1) is 14.7. The Morgan fingerprint density at radius 2 is 2.28 bits per heavy atom. The molecule has 1 atom stereocenters. The van der Waals surface area contributed by atoms with Crippen molar-refractivity contribution in [3.05, 3.63) is 24.0 Å². The lowest BCUT2D eigenvalue weighted by Gasteiger charge is -2.13. The van der Waals surface area contributed by atoms with Crippen LogP contribution in [0.25, 0.3) is 16.8 Å². The second-order valence-electron chi connectivity index (χ2n) is 6.84. The van der Waals surface area contributed by atoms with Crippen LogP contribution in [0.5, 0.6) is 0 Å². The van der Waals surface area contributed by atoms with Crippen LogP contribution in [-0.2, 0) is 4.74 Å². The zero-order valence-corrected chi connectivity index (χ0v) is 13.9. The van der Waals surface area contributed by atoms with Crippen molar-refractivity contribution in [3.8, 4) is 11.3 Å². The Balaban J connectivity index is 1.51. The summed E-state index contributed by atoms with van der Waals surface area (Å²) in [5.74, 6) is 1.60. The summed E-state index contributed by atoms with van der Waals surface area (Å²) in [6.45, 7) is 1.55. The van der Waals surface area contributed by atoms with Gasteiger partial charge in [0.05, 0.1) is 11.8 Å². The lowest BCUT2D eigenvalue weighted by Crippen LogP contribution is -2.20. The first-order chi connectivity index (χ1) is 12.3. The summed E-state index contributed by atoms with van der Waals surface area (Å²) < 4.78 is 7.45. The fraction of sp³-hybridized carbons (Fsp3) is 0.471. The highest BCUT2D eigenvalue weighted by Crippen LogP contribution is 2.40. The minimum Gasteiger partial charge on any atom is -0.376 e. The van der Waals surface area contributed by atoms with Crippen molar-refractivity contribution < 1.29 is 4.74 Å². The minimum atomic E-state index is 0.224. The molecule has 1 saturated carbocycles. The highest BCUT2D eigenvalue weighted by atomic mass is 16.5. The van der Waals surface area contributed by atoms with Gasteiger partial charge in [-0.15, -0.1) is 5.10 Å². The number of nitrogens with two attached hydrogens (primary N) is 1. The summed E-state index contributed by atoms with van der Waals surface area (Å²) in [6, 6.07) is 4.14. The fourth-order valence-corrected chi connectivity index (χ4v) is 3.47. The highest BCUT2D eigenvalue weighted by molar-refractivity contribution is 5.87. The van der Waals surface area contributed by atoms with Gasteiger partial charge in [-0.3, -0.25) is 5.10 Å². The normalized spacial score (nSPS) is 20.4. The van der Waals surface area contributed by atoms with E-state index in [0.717, 1.165) is 42.0 Å². The average Bonchev–Trinajstić information content (AvgIpc) is 3.04. The number of fused-ring (bicyclic) bond motifs is 1. The van der Waals surface area contributed by atoms with Gasteiger partial charge in [0, 0.05) is 36.5 Å². The van der Waals surface area contributed by atoms with Crippen molar-refractivity contribution in [2.45, 2.75) is 37.7 Å². The van der Waals surface area contributed by atoms with Crippen molar-refractivity contribution in [1.82, 2.24) is 24.8 Å². The Labute approximate surface area is 144 Å². The van der Waals surface area contributed by atoms with Gasteiger partial charge in [0.15, 0.2) is 5.82 Å². The largest absolute Gasteiger partial charge is 0.376 e. The van der Waals surface area contributed by atoms with Crippen LogP contribution < -0.4 is 11.1 Å². The van der Waals surface area contributed by atoms with Crippen LogP contribution in [0.4, 0.5) is 11.8 Å². The van der Waals surface area contributed by atoms with Gasteiger partial charge in [0.2, 0.25) is 5.95 Å². The number of hydrogen-bond acceptors (Lipinski definition) is 6. The zero-order chi connectivity index (χ0) is 16.8. The van der Waals surface area contributed by atoms with E-state index < -0.39 is 0 Å². The molecule has 0 amide bonds. The van der Waals surface area contributed by atoms with Crippen molar-refractivity contribution in [2.75, 3.05) is 24.2 Å². The second kappa shape index (κ2) is 5.73. The van der Waals surface area contributed by atoms with Crippen LogP contribution in [-0.4, -0.2) is 44.1 Å². The molecule has 2 fully saturated rings. The fourth-order valence-electron chi connectivity index (χ4n) is 3.47. The Kier molecular flexibility index (Phi) is 3.37. The molecule has 3 aromatic heterocycles. The van der Waals surface area contributed by atoms with E-state index in [2.05, 4.69) is 31.7 Å². The molecule has 130 valence electrons. The molecule has 1 aliphatic heterocycles. The summed E-state index contributed by atoms with van der Waals surface area (Å²) in [4.78, 5) is 4.42. The maximum atomic E-state index is 5.87. The number of anilines is 2. The van der Waals surface area contributed by atoms with Crippen molar-refractivity contribution in [2.24, 2.45) is 0 Å². The second-order valence-corrected chi connectivity index (χ2v) is 6.84. The Morgan fingerprint density at radius 1 is 1.36 bits per heavy atom. The van der Waals surface area contributed by atoms with Crippen LogP contribution in [0.2, 0.25) is 0 Å². The molecule has 4 N–H and O–H groups in total. The topological polar surface area (TPSA) is 106 Å². The third-order valence-corrected chi connectivity index (χ3v) is 4.94. The van der Waals surface area contributed by atoms with Crippen LogP contribution in [0.1, 0.15) is 37.3 Å². The Morgan fingerprint density at radius 3 is 3.08 bits per heavy atom. The number of rotatable bonds is 5. The molecule has 1 saturated heterocycles. The van der Waals surface area contributed by atoms with E-state index in [9.17, 15) is 0 Å². The molecule has 5 rings (SSSR count). The molecule has 3 aromatic rings. The summed E-state index contributed by atoms with van der Waals surface area (Å²) in [7, 11) is 0. The van der Waals surface area contributed by atoms with E-state index in [0.29, 0.717) is 12.5 Å². The third-order valence-electron chi connectivity index (χ3n) is 4.94. The van der Waals surface area contributed by atoms with Crippen LogP contribution in [0, 0.1) is 0 Å². The van der Waals surface area contributed by atoms with Gasteiger partial charge in [-0.2, -0.15) is 10.1 Å². The number of ether oxygens (including phenoxy) is 1. The van der Waals surface area contributed by atoms with E-state index in [1.165, 1.54) is 18.5 Å². The predicted molar refractivity (Wildman–Crippen MR) is 94.4 cm³/mol. The summed E-state index contributed by atoms with van der Waals surface area (Å²) in [5.41, 5.74) is 9.88. The molecular weight excluding hydrogens is 318 g/mol.